The van der Waals surface area contributed by atoms with Crippen LogP contribution in [0.4, 0.5) is 8.78 Å². The van der Waals surface area contributed by atoms with Crippen LogP contribution in [0.1, 0.15) is 89.4 Å². The van der Waals surface area contributed by atoms with Crippen molar-refractivity contribution in [2.75, 3.05) is 6.54 Å². The minimum Gasteiger partial charge on any atom is -0.391 e. The van der Waals surface area contributed by atoms with Crippen LogP contribution < -0.4 is 5.32 Å². The Morgan fingerprint density at radius 3 is 2.49 bits per heavy atom. The molecule has 2 N–H and O–H groups in total. The molecule has 1 aliphatic carbocycles. The van der Waals surface area contributed by atoms with Gasteiger partial charge in [-0.3, -0.25) is 9.59 Å². The van der Waals surface area contributed by atoms with Gasteiger partial charge >= 0.3 is 0 Å². The van der Waals surface area contributed by atoms with Crippen molar-refractivity contribution in [3.63, 3.8) is 0 Å². The molecule has 0 radical (unpaired) electrons. The number of nitrogens with zero attached hydrogens (tertiary/aromatic N) is 5. The van der Waals surface area contributed by atoms with Gasteiger partial charge in [0.15, 0.2) is 0 Å². The average Bonchev–Trinajstić information content (AvgIpc) is 3.15. The molecule has 2 aliphatic rings. The number of aliphatic hydroxyl groups is 1. The molecule has 1 saturated carbocycles. The number of rotatable bonds is 7. The van der Waals surface area contributed by atoms with E-state index < -0.39 is 47.2 Å². The molecule has 192 valence electrons. The van der Waals surface area contributed by atoms with Crippen LogP contribution in [-0.2, 0) is 15.1 Å². The normalized spacial score (nSPS) is 22.0. The lowest BCUT2D eigenvalue weighted by Crippen LogP contribution is -2.53. The molecule has 2 amide bonds. The van der Waals surface area contributed by atoms with E-state index in [9.17, 15) is 23.5 Å². The molecule has 0 bridgehead atoms. The Balaban J connectivity index is 1.55. The lowest BCUT2D eigenvalue weighted by Gasteiger charge is -2.35. The molecule has 0 aromatic carbocycles. The molecule has 3 atom stereocenters. The quantitative estimate of drug-likeness (QED) is 0.606. The Labute approximate surface area is 202 Å². The van der Waals surface area contributed by atoms with Gasteiger partial charge < -0.3 is 19.8 Å². The molecule has 35 heavy (non-hydrogen) atoms. The first-order valence-corrected chi connectivity index (χ1v) is 11.8. The van der Waals surface area contributed by atoms with Gasteiger partial charge in [-0.1, -0.05) is 31.1 Å². The topological polar surface area (TPSA) is 126 Å². The van der Waals surface area contributed by atoms with Crippen molar-refractivity contribution in [2.45, 2.75) is 90.0 Å². The van der Waals surface area contributed by atoms with Crippen LogP contribution in [0.2, 0.25) is 0 Å². The van der Waals surface area contributed by atoms with E-state index in [0.717, 1.165) is 24.6 Å². The number of carbonyl (C=O) groups excluding carboxylic acids is 2. The summed E-state index contributed by atoms with van der Waals surface area (Å²) in [7, 11) is 0. The fraction of sp³-hybridized carbons (Fsp3) is 0.696. The predicted molar refractivity (Wildman–Crippen MR) is 119 cm³/mol. The Morgan fingerprint density at radius 1 is 1.23 bits per heavy atom. The number of halogens is 2. The van der Waals surface area contributed by atoms with E-state index >= 15 is 0 Å². The van der Waals surface area contributed by atoms with E-state index in [4.69, 9.17) is 0 Å². The third-order valence-electron chi connectivity index (χ3n) is 6.53. The van der Waals surface area contributed by atoms with E-state index in [0.29, 0.717) is 5.92 Å². The zero-order chi connectivity index (χ0) is 25.7. The molecule has 1 saturated heterocycles. The van der Waals surface area contributed by atoms with Gasteiger partial charge in [0, 0.05) is 31.1 Å². The largest absolute Gasteiger partial charge is 0.391 e. The number of nitrogens with one attached hydrogen (secondary N) is 1. The second-order valence-electron chi connectivity index (χ2n) is 11.1. The fourth-order valence-corrected chi connectivity index (χ4v) is 4.47. The second-order valence-corrected chi connectivity index (χ2v) is 11.1. The Hall–Kier alpha value is -2.89. The first-order valence-electron chi connectivity index (χ1n) is 11.8. The lowest BCUT2D eigenvalue weighted by atomic mass is 9.85. The van der Waals surface area contributed by atoms with Crippen LogP contribution in [0.5, 0.6) is 0 Å². The highest BCUT2D eigenvalue weighted by Crippen LogP contribution is 2.40. The molecular weight excluding hydrogens is 462 g/mol. The van der Waals surface area contributed by atoms with E-state index in [1.54, 1.807) is 24.7 Å². The summed E-state index contributed by atoms with van der Waals surface area (Å²) in [4.78, 5) is 28.5. The molecule has 3 heterocycles. The van der Waals surface area contributed by atoms with E-state index in [-0.39, 0.29) is 24.6 Å². The number of likely N-dealkylation sites (tertiary alicyclic amines) is 1. The second kappa shape index (κ2) is 8.96. The summed E-state index contributed by atoms with van der Waals surface area (Å²) in [6.07, 6.45) is 0.236. The highest BCUT2D eigenvalue weighted by atomic mass is 19.3. The van der Waals surface area contributed by atoms with Crippen molar-refractivity contribution in [1.29, 1.82) is 0 Å². The first kappa shape index (κ1) is 25.2. The third kappa shape index (κ3) is 5.21. The number of hydrogen-bond donors (Lipinski definition) is 2. The summed E-state index contributed by atoms with van der Waals surface area (Å²) in [5, 5.41) is 25.2. The van der Waals surface area contributed by atoms with Gasteiger partial charge in [-0.25, -0.2) is 13.5 Å². The minimum atomic E-state index is -2.83. The number of amides is 2. The first-order chi connectivity index (χ1) is 16.3. The zero-order valence-electron chi connectivity index (χ0n) is 20.5. The van der Waals surface area contributed by atoms with Crippen molar-refractivity contribution in [2.24, 2.45) is 5.41 Å². The van der Waals surface area contributed by atoms with Gasteiger partial charge in [0.2, 0.25) is 17.6 Å². The summed E-state index contributed by atoms with van der Waals surface area (Å²) in [5.74, 6) is -1.09. The highest BCUT2D eigenvalue weighted by Gasteiger charge is 2.46. The highest BCUT2D eigenvalue weighted by molar-refractivity contribution is 5.90. The molecule has 12 heteroatoms. The van der Waals surface area contributed by atoms with Crippen LogP contribution in [0.3, 0.4) is 0 Å². The Kier molecular flexibility index (Phi) is 6.45. The number of alkyl halides is 2. The van der Waals surface area contributed by atoms with Crippen LogP contribution in [0.25, 0.3) is 0 Å². The number of hydrogen-bond acceptors (Lipinski definition) is 7. The van der Waals surface area contributed by atoms with Crippen molar-refractivity contribution in [3.8, 4) is 0 Å². The third-order valence-corrected chi connectivity index (χ3v) is 6.53. The maximum atomic E-state index is 13.8. The Morgan fingerprint density at radius 2 is 1.91 bits per heavy atom. The van der Waals surface area contributed by atoms with E-state index in [1.165, 1.54) is 4.90 Å². The summed E-state index contributed by atoms with van der Waals surface area (Å²) in [5.41, 5.74) is -0.725. The average molecular weight is 495 g/mol. The van der Waals surface area contributed by atoms with Gasteiger partial charge in [0.05, 0.1) is 17.3 Å². The molecular formula is C23H32F2N6O4. The molecule has 2 aromatic heterocycles. The van der Waals surface area contributed by atoms with Gasteiger partial charge in [0.25, 0.3) is 6.43 Å². The zero-order valence-corrected chi connectivity index (χ0v) is 20.5. The Bertz CT molecular complexity index is 1090. The monoisotopic (exact) mass is 494 g/mol. The van der Waals surface area contributed by atoms with Crippen molar-refractivity contribution in [3.05, 3.63) is 29.4 Å². The molecule has 2 unspecified atom stereocenters. The molecule has 2 fully saturated rings. The summed E-state index contributed by atoms with van der Waals surface area (Å²) < 4.78 is 32.1. The van der Waals surface area contributed by atoms with Gasteiger partial charge in [-0.2, -0.15) is 0 Å². The number of carbonyl (C=O) groups is 2. The van der Waals surface area contributed by atoms with Crippen molar-refractivity contribution < 1.29 is 28.0 Å². The maximum absolute atomic E-state index is 13.8. The van der Waals surface area contributed by atoms with E-state index in [2.05, 4.69) is 25.3 Å². The van der Waals surface area contributed by atoms with Crippen molar-refractivity contribution >= 4 is 11.8 Å². The minimum absolute atomic E-state index is 0.00635. The predicted octanol–water partition coefficient (Wildman–Crippen LogP) is 2.68. The summed E-state index contributed by atoms with van der Waals surface area (Å²) >= 11 is 0. The van der Waals surface area contributed by atoms with Gasteiger partial charge in [0.1, 0.15) is 17.8 Å². The van der Waals surface area contributed by atoms with Crippen LogP contribution >= 0.6 is 0 Å². The van der Waals surface area contributed by atoms with Crippen molar-refractivity contribution in [1.82, 2.24) is 30.4 Å². The van der Waals surface area contributed by atoms with Crippen LogP contribution in [0, 0.1) is 5.41 Å². The van der Waals surface area contributed by atoms with Gasteiger partial charge in [-0.05, 0) is 32.1 Å². The fourth-order valence-electron chi connectivity index (χ4n) is 4.47. The summed E-state index contributed by atoms with van der Waals surface area (Å²) in [6, 6.07) is -0.593. The number of β-amino-alcohol motifs (C(OH)–C–C–N with tert-alkyl or cyclic N) is 1. The SMILES string of the molecule is CC(C)(NC(=O)C1CC(O)CN1C(=O)[C@@H](n1cc(C2CC2)nn1)C(C)(C)C)c1cc(C(F)F)on1. The number of aliphatic hydroxyl groups excluding tert-OH is 1. The summed E-state index contributed by atoms with van der Waals surface area (Å²) in [6.45, 7) is 8.91. The molecule has 4 rings (SSSR count). The van der Waals surface area contributed by atoms with Crippen LogP contribution in [0.15, 0.2) is 16.8 Å². The standard InChI is InChI=1S/C23H32F2N6O4/c1-22(2,3)18(31-11-14(27-29-31)12-6-7-12)21(34)30-10-13(32)8-15(30)20(33)26-23(4,5)17-9-16(19(24)25)35-28-17/h9,11-13,15,18-19,32H,6-8,10H2,1-5H3,(H,26,33)/t13?,15?,18-/m1/s1. The molecule has 0 spiro atoms. The smallest absolute Gasteiger partial charge is 0.298 e. The van der Waals surface area contributed by atoms with Crippen LogP contribution in [-0.4, -0.2) is 60.7 Å². The molecule has 2 aromatic rings. The number of aromatic nitrogens is 4. The lowest BCUT2D eigenvalue weighted by molar-refractivity contribution is -0.144. The maximum Gasteiger partial charge on any atom is 0.298 e. The molecule has 10 nitrogen and oxygen atoms in total. The van der Waals surface area contributed by atoms with E-state index in [1.807, 2.05) is 20.8 Å². The van der Waals surface area contributed by atoms with Gasteiger partial charge in [-0.15, -0.1) is 5.10 Å². The molecule has 1 aliphatic heterocycles.